The SMILES string of the molecule is CCCC(=O)Cn1ccc2cc(Br)ccc21. The minimum absolute atomic E-state index is 0.294. The van der Waals surface area contributed by atoms with Crippen LogP contribution in [0.1, 0.15) is 19.8 Å². The fraction of sp³-hybridized carbons (Fsp3) is 0.308. The number of Topliss-reactive ketones (excluding diaryl/α,β-unsaturated/α-hetero) is 1. The molecule has 0 bridgehead atoms. The van der Waals surface area contributed by atoms with E-state index in [1.165, 1.54) is 5.39 Å². The van der Waals surface area contributed by atoms with Crippen molar-refractivity contribution in [2.75, 3.05) is 0 Å². The maximum atomic E-state index is 11.6. The Morgan fingerprint density at radius 2 is 2.19 bits per heavy atom. The van der Waals surface area contributed by atoms with Crippen LogP contribution in [0.5, 0.6) is 0 Å². The Bertz CT molecular complexity index is 516. The van der Waals surface area contributed by atoms with Crippen LogP contribution in [-0.4, -0.2) is 10.4 Å². The molecule has 1 heterocycles. The Morgan fingerprint density at radius 1 is 1.38 bits per heavy atom. The summed E-state index contributed by atoms with van der Waals surface area (Å²) in [5.74, 6) is 0.294. The van der Waals surface area contributed by atoms with Crippen molar-refractivity contribution in [1.82, 2.24) is 4.57 Å². The van der Waals surface area contributed by atoms with Crippen LogP contribution in [0, 0.1) is 0 Å². The highest BCUT2D eigenvalue weighted by atomic mass is 79.9. The number of nitrogens with zero attached hydrogens (tertiary/aromatic N) is 1. The third kappa shape index (κ3) is 2.35. The highest BCUT2D eigenvalue weighted by molar-refractivity contribution is 9.10. The minimum atomic E-state index is 0.294. The Hall–Kier alpha value is -1.09. The number of carbonyl (C=O) groups excluding carboxylic acids is 1. The Morgan fingerprint density at radius 3 is 2.94 bits per heavy atom. The molecule has 0 amide bonds. The smallest absolute Gasteiger partial charge is 0.152 e. The number of aromatic nitrogens is 1. The lowest BCUT2D eigenvalue weighted by atomic mass is 10.2. The molecule has 0 unspecified atom stereocenters. The molecule has 0 saturated carbocycles. The van der Waals surface area contributed by atoms with Crippen molar-refractivity contribution in [3.05, 3.63) is 34.9 Å². The van der Waals surface area contributed by atoms with Crippen LogP contribution in [0.15, 0.2) is 34.9 Å². The zero-order valence-corrected chi connectivity index (χ0v) is 10.8. The van der Waals surface area contributed by atoms with Crippen LogP contribution in [0.25, 0.3) is 10.9 Å². The number of halogens is 1. The summed E-state index contributed by atoms with van der Waals surface area (Å²) in [6, 6.07) is 8.15. The highest BCUT2D eigenvalue weighted by Crippen LogP contribution is 2.20. The number of benzene rings is 1. The molecule has 0 aliphatic carbocycles. The zero-order chi connectivity index (χ0) is 11.5. The number of ketones is 1. The van der Waals surface area contributed by atoms with Gasteiger partial charge in [-0.15, -0.1) is 0 Å². The van der Waals surface area contributed by atoms with E-state index in [1.807, 2.05) is 35.9 Å². The number of hydrogen-bond acceptors (Lipinski definition) is 1. The second-order valence-electron chi connectivity index (χ2n) is 3.94. The Labute approximate surface area is 103 Å². The molecule has 0 N–H and O–H groups in total. The molecule has 1 aromatic heterocycles. The summed E-state index contributed by atoms with van der Waals surface area (Å²) in [5.41, 5.74) is 1.12. The molecule has 0 aliphatic heterocycles. The summed E-state index contributed by atoms with van der Waals surface area (Å²) < 4.78 is 3.08. The van der Waals surface area contributed by atoms with Crippen molar-refractivity contribution >= 4 is 32.6 Å². The van der Waals surface area contributed by atoms with Crippen LogP contribution >= 0.6 is 15.9 Å². The van der Waals surface area contributed by atoms with Gasteiger partial charge in [0.15, 0.2) is 5.78 Å². The summed E-state index contributed by atoms with van der Waals surface area (Å²) in [7, 11) is 0. The average Bonchev–Trinajstić information content (AvgIpc) is 2.61. The van der Waals surface area contributed by atoms with Crippen molar-refractivity contribution < 1.29 is 4.79 Å². The molecule has 2 nitrogen and oxygen atoms in total. The molecule has 2 rings (SSSR count). The first kappa shape index (κ1) is 11.4. The predicted molar refractivity (Wildman–Crippen MR) is 69.6 cm³/mol. The van der Waals surface area contributed by atoms with Crippen LogP contribution in [0.2, 0.25) is 0 Å². The van der Waals surface area contributed by atoms with Crippen molar-refractivity contribution in [1.29, 1.82) is 0 Å². The van der Waals surface area contributed by atoms with Crippen molar-refractivity contribution in [2.45, 2.75) is 26.3 Å². The first-order chi connectivity index (χ1) is 7.70. The fourth-order valence-corrected chi connectivity index (χ4v) is 2.24. The van der Waals surface area contributed by atoms with Crippen LogP contribution in [0.3, 0.4) is 0 Å². The molecular formula is C13H14BrNO. The van der Waals surface area contributed by atoms with Gasteiger partial charge < -0.3 is 4.57 Å². The van der Waals surface area contributed by atoms with Gasteiger partial charge in [-0.1, -0.05) is 22.9 Å². The third-order valence-corrected chi connectivity index (χ3v) is 3.10. The van der Waals surface area contributed by atoms with Crippen molar-refractivity contribution in [3.8, 4) is 0 Å². The quantitative estimate of drug-likeness (QED) is 0.835. The van der Waals surface area contributed by atoms with E-state index in [0.29, 0.717) is 18.7 Å². The molecule has 0 saturated heterocycles. The molecule has 0 radical (unpaired) electrons. The van der Waals surface area contributed by atoms with E-state index in [4.69, 9.17) is 0 Å². The van der Waals surface area contributed by atoms with E-state index in [9.17, 15) is 4.79 Å². The van der Waals surface area contributed by atoms with Crippen LogP contribution in [-0.2, 0) is 11.3 Å². The van der Waals surface area contributed by atoms with Gasteiger partial charge in [0.2, 0.25) is 0 Å². The van der Waals surface area contributed by atoms with Crippen LogP contribution in [0.4, 0.5) is 0 Å². The van der Waals surface area contributed by atoms with Gasteiger partial charge in [0.25, 0.3) is 0 Å². The van der Waals surface area contributed by atoms with E-state index in [-0.39, 0.29) is 0 Å². The second kappa shape index (κ2) is 4.83. The largest absolute Gasteiger partial charge is 0.340 e. The maximum absolute atomic E-state index is 11.6. The topological polar surface area (TPSA) is 22.0 Å². The van der Waals surface area contributed by atoms with Gasteiger partial charge in [0.1, 0.15) is 0 Å². The molecule has 1 aromatic carbocycles. The molecule has 16 heavy (non-hydrogen) atoms. The lowest BCUT2D eigenvalue weighted by Gasteiger charge is -2.04. The van der Waals surface area contributed by atoms with E-state index in [2.05, 4.69) is 22.0 Å². The maximum Gasteiger partial charge on any atom is 0.152 e. The van der Waals surface area contributed by atoms with Crippen molar-refractivity contribution in [2.24, 2.45) is 0 Å². The van der Waals surface area contributed by atoms with Gasteiger partial charge >= 0.3 is 0 Å². The number of hydrogen-bond donors (Lipinski definition) is 0. The third-order valence-electron chi connectivity index (χ3n) is 2.61. The molecule has 0 spiro atoms. The summed E-state index contributed by atoms with van der Waals surface area (Å²) in [6.07, 6.45) is 3.56. The lowest BCUT2D eigenvalue weighted by Crippen LogP contribution is -2.08. The van der Waals surface area contributed by atoms with Gasteiger partial charge in [-0.05, 0) is 30.7 Å². The number of carbonyl (C=O) groups is 1. The second-order valence-corrected chi connectivity index (χ2v) is 4.85. The van der Waals surface area contributed by atoms with Crippen LogP contribution < -0.4 is 0 Å². The van der Waals surface area contributed by atoms with Gasteiger partial charge in [-0.3, -0.25) is 4.79 Å². The van der Waals surface area contributed by atoms with Gasteiger partial charge in [0, 0.05) is 28.0 Å². The molecule has 0 fully saturated rings. The molecule has 0 aliphatic rings. The van der Waals surface area contributed by atoms with E-state index in [1.54, 1.807) is 0 Å². The summed E-state index contributed by atoms with van der Waals surface area (Å²) >= 11 is 3.44. The summed E-state index contributed by atoms with van der Waals surface area (Å²) in [5, 5.41) is 1.17. The number of rotatable bonds is 4. The Kier molecular flexibility index (Phi) is 3.44. The Balaban J connectivity index is 2.28. The van der Waals surface area contributed by atoms with Gasteiger partial charge in [-0.2, -0.15) is 0 Å². The summed E-state index contributed by atoms with van der Waals surface area (Å²) in [4.78, 5) is 11.6. The van der Waals surface area contributed by atoms with Crippen molar-refractivity contribution in [3.63, 3.8) is 0 Å². The lowest BCUT2D eigenvalue weighted by molar-refractivity contribution is -0.119. The standard InChI is InChI=1S/C13H14BrNO/c1-2-3-12(16)9-15-7-6-10-8-11(14)4-5-13(10)15/h4-8H,2-3,9H2,1H3. The minimum Gasteiger partial charge on any atom is -0.340 e. The van der Waals surface area contributed by atoms with E-state index in [0.717, 1.165) is 16.4 Å². The first-order valence-corrected chi connectivity index (χ1v) is 6.26. The molecule has 3 heteroatoms. The fourth-order valence-electron chi connectivity index (χ4n) is 1.86. The number of fused-ring (bicyclic) bond motifs is 1. The average molecular weight is 280 g/mol. The molecule has 84 valence electrons. The summed E-state index contributed by atoms with van der Waals surface area (Å²) in [6.45, 7) is 2.52. The van der Waals surface area contributed by atoms with Gasteiger partial charge in [-0.25, -0.2) is 0 Å². The zero-order valence-electron chi connectivity index (χ0n) is 9.24. The highest BCUT2D eigenvalue weighted by Gasteiger charge is 2.05. The predicted octanol–water partition coefficient (Wildman–Crippen LogP) is 3.77. The van der Waals surface area contributed by atoms with E-state index >= 15 is 0 Å². The van der Waals surface area contributed by atoms with E-state index < -0.39 is 0 Å². The normalized spacial score (nSPS) is 10.9. The molecule has 0 atom stereocenters. The monoisotopic (exact) mass is 279 g/mol. The molecular weight excluding hydrogens is 266 g/mol. The first-order valence-electron chi connectivity index (χ1n) is 5.47. The van der Waals surface area contributed by atoms with Gasteiger partial charge in [0.05, 0.1) is 6.54 Å². The molecule has 2 aromatic rings.